The van der Waals surface area contributed by atoms with Crippen LogP contribution in [0, 0.1) is 21.4 Å². The third-order valence-electron chi connectivity index (χ3n) is 5.19. The Morgan fingerprint density at radius 2 is 1.90 bits per heavy atom. The van der Waals surface area contributed by atoms with Gasteiger partial charge in [0, 0.05) is 36.0 Å². The molecule has 0 unspecified atom stereocenters. The molecule has 1 heterocycles. The molecular formula is C23H27N3O5. The van der Waals surface area contributed by atoms with Crippen molar-refractivity contribution in [3.8, 4) is 5.75 Å². The number of amides is 2. The molecule has 8 nitrogen and oxygen atoms in total. The van der Waals surface area contributed by atoms with E-state index in [-0.39, 0.29) is 18.2 Å². The number of nitro benzene ring substituents is 1. The summed E-state index contributed by atoms with van der Waals surface area (Å²) < 4.78 is 5.95. The third-order valence-corrected chi connectivity index (χ3v) is 5.19. The Bertz CT molecular complexity index is 999. The van der Waals surface area contributed by atoms with E-state index >= 15 is 0 Å². The molecule has 1 aliphatic rings. The Kier molecular flexibility index (Phi) is 6.29. The fourth-order valence-electron chi connectivity index (χ4n) is 3.27. The van der Waals surface area contributed by atoms with Gasteiger partial charge in [0.15, 0.2) is 0 Å². The molecule has 1 N–H and O–H groups in total. The Hall–Kier alpha value is -3.42. The molecule has 0 spiro atoms. The van der Waals surface area contributed by atoms with Crippen molar-refractivity contribution in [1.29, 1.82) is 0 Å². The fraction of sp³-hybridized carbons (Fsp3) is 0.391. The zero-order valence-corrected chi connectivity index (χ0v) is 18.2. The highest BCUT2D eigenvalue weighted by molar-refractivity contribution is 6.05. The molecular weight excluding hydrogens is 398 g/mol. The van der Waals surface area contributed by atoms with Crippen molar-refractivity contribution in [3.63, 3.8) is 0 Å². The van der Waals surface area contributed by atoms with Gasteiger partial charge in [-0.25, -0.2) is 0 Å². The summed E-state index contributed by atoms with van der Waals surface area (Å²) in [6.07, 6.45) is 0.861. The van der Waals surface area contributed by atoms with E-state index in [0.717, 1.165) is 6.42 Å². The van der Waals surface area contributed by atoms with Crippen LogP contribution in [0.4, 0.5) is 17.1 Å². The molecule has 0 saturated carbocycles. The second-order valence-electron chi connectivity index (χ2n) is 8.75. The molecule has 0 saturated heterocycles. The molecule has 3 rings (SSSR count). The van der Waals surface area contributed by atoms with Crippen molar-refractivity contribution in [2.75, 3.05) is 23.4 Å². The molecule has 0 aromatic heterocycles. The smallest absolute Gasteiger partial charge is 0.269 e. The highest BCUT2D eigenvalue weighted by Gasteiger charge is 2.37. The quantitative estimate of drug-likeness (QED) is 0.536. The van der Waals surface area contributed by atoms with E-state index in [4.69, 9.17) is 4.74 Å². The van der Waals surface area contributed by atoms with Crippen LogP contribution < -0.4 is 15.0 Å². The molecule has 164 valence electrons. The lowest BCUT2D eigenvalue weighted by Crippen LogP contribution is -2.42. The van der Waals surface area contributed by atoms with Gasteiger partial charge in [0.2, 0.25) is 5.91 Å². The SMILES string of the molecule is CC(C)CCN1C(=O)C(C)(C)COc2cc(NC(=O)c3ccc([N+](=O)[O-])cc3)ccc21. The normalized spacial score (nSPS) is 15.1. The van der Waals surface area contributed by atoms with Gasteiger partial charge in [0.25, 0.3) is 11.6 Å². The number of fused-ring (bicyclic) bond motifs is 1. The first-order valence-corrected chi connectivity index (χ1v) is 10.2. The van der Waals surface area contributed by atoms with E-state index in [2.05, 4.69) is 19.2 Å². The highest BCUT2D eigenvalue weighted by Crippen LogP contribution is 2.38. The number of benzene rings is 2. The van der Waals surface area contributed by atoms with Gasteiger partial charge < -0.3 is 15.0 Å². The van der Waals surface area contributed by atoms with Crippen LogP contribution in [-0.4, -0.2) is 29.9 Å². The zero-order chi connectivity index (χ0) is 22.8. The Morgan fingerprint density at radius 3 is 2.52 bits per heavy atom. The maximum atomic E-state index is 13.1. The second-order valence-corrected chi connectivity index (χ2v) is 8.75. The number of hydrogen-bond acceptors (Lipinski definition) is 5. The van der Waals surface area contributed by atoms with Gasteiger partial charge >= 0.3 is 0 Å². The average molecular weight is 425 g/mol. The minimum Gasteiger partial charge on any atom is -0.490 e. The molecule has 0 bridgehead atoms. The summed E-state index contributed by atoms with van der Waals surface area (Å²) in [7, 11) is 0. The molecule has 0 fully saturated rings. The van der Waals surface area contributed by atoms with Gasteiger partial charge in [-0.05, 0) is 50.5 Å². The number of nitro groups is 1. The first-order valence-electron chi connectivity index (χ1n) is 10.2. The molecule has 0 aliphatic carbocycles. The van der Waals surface area contributed by atoms with Crippen LogP contribution in [0.1, 0.15) is 44.5 Å². The molecule has 2 aromatic carbocycles. The first kappa shape index (κ1) is 22.3. The van der Waals surface area contributed by atoms with E-state index in [1.54, 1.807) is 23.1 Å². The second kappa shape index (κ2) is 8.75. The number of nitrogens with zero attached hydrogens (tertiary/aromatic N) is 2. The van der Waals surface area contributed by atoms with Crippen molar-refractivity contribution < 1.29 is 19.2 Å². The van der Waals surface area contributed by atoms with Crippen molar-refractivity contribution >= 4 is 28.9 Å². The predicted molar refractivity (Wildman–Crippen MR) is 119 cm³/mol. The van der Waals surface area contributed by atoms with Crippen LogP contribution in [0.25, 0.3) is 0 Å². The predicted octanol–water partition coefficient (Wildman–Crippen LogP) is 4.64. The van der Waals surface area contributed by atoms with Gasteiger partial charge in [0.1, 0.15) is 12.4 Å². The Balaban J connectivity index is 1.84. The average Bonchev–Trinajstić information content (AvgIpc) is 2.81. The molecule has 0 radical (unpaired) electrons. The van der Waals surface area contributed by atoms with Crippen LogP contribution in [0.3, 0.4) is 0 Å². The van der Waals surface area contributed by atoms with E-state index in [0.29, 0.717) is 35.2 Å². The summed E-state index contributed by atoms with van der Waals surface area (Å²) in [6.45, 7) is 8.77. The lowest BCUT2D eigenvalue weighted by atomic mass is 9.92. The summed E-state index contributed by atoms with van der Waals surface area (Å²) in [4.78, 5) is 37.7. The van der Waals surface area contributed by atoms with E-state index < -0.39 is 16.2 Å². The topological polar surface area (TPSA) is 102 Å². The van der Waals surface area contributed by atoms with Crippen molar-refractivity contribution in [2.24, 2.45) is 11.3 Å². The van der Waals surface area contributed by atoms with Crippen LogP contribution in [0.2, 0.25) is 0 Å². The largest absolute Gasteiger partial charge is 0.490 e. The lowest BCUT2D eigenvalue weighted by Gasteiger charge is -2.28. The summed E-state index contributed by atoms with van der Waals surface area (Å²) in [5.74, 6) is 0.596. The van der Waals surface area contributed by atoms with Gasteiger partial charge in [-0.3, -0.25) is 19.7 Å². The number of rotatable bonds is 6. The molecule has 0 atom stereocenters. The van der Waals surface area contributed by atoms with Crippen molar-refractivity contribution in [1.82, 2.24) is 0 Å². The molecule has 1 aliphatic heterocycles. The molecule has 2 aromatic rings. The van der Waals surface area contributed by atoms with Crippen molar-refractivity contribution in [3.05, 3.63) is 58.1 Å². The maximum Gasteiger partial charge on any atom is 0.269 e. The van der Waals surface area contributed by atoms with Gasteiger partial charge in [-0.15, -0.1) is 0 Å². The first-order chi connectivity index (χ1) is 14.6. The van der Waals surface area contributed by atoms with Crippen molar-refractivity contribution in [2.45, 2.75) is 34.1 Å². The van der Waals surface area contributed by atoms with Crippen LogP contribution in [0.15, 0.2) is 42.5 Å². The molecule has 8 heteroatoms. The third kappa shape index (κ3) is 5.02. The number of nitrogens with one attached hydrogen (secondary N) is 1. The molecule has 31 heavy (non-hydrogen) atoms. The zero-order valence-electron chi connectivity index (χ0n) is 18.2. The monoisotopic (exact) mass is 425 g/mol. The Morgan fingerprint density at radius 1 is 1.23 bits per heavy atom. The van der Waals surface area contributed by atoms with Crippen LogP contribution in [0.5, 0.6) is 5.75 Å². The van der Waals surface area contributed by atoms with Crippen LogP contribution in [-0.2, 0) is 4.79 Å². The number of anilines is 2. The standard InChI is InChI=1S/C23H27N3O5/c1-15(2)11-12-25-19-10-7-17(13-20(19)31-14-23(3,4)22(25)28)24-21(27)16-5-8-18(9-6-16)26(29)30/h5-10,13,15H,11-12,14H2,1-4H3,(H,24,27). The summed E-state index contributed by atoms with van der Waals surface area (Å²) >= 11 is 0. The number of carbonyl (C=O) groups is 2. The lowest BCUT2D eigenvalue weighted by molar-refractivity contribution is -0.384. The number of hydrogen-bond donors (Lipinski definition) is 1. The molecule has 2 amide bonds. The van der Waals surface area contributed by atoms with Gasteiger partial charge in [-0.2, -0.15) is 0 Å². The summed E-state index contributed by atoms with van der Waals surface area (Å²) in [5, 5.41) is 13.6. The summed E-state index contributed by atoms with van der Waals surface area (Å²) in [5.41, 5.74) is 0.751. The summed E-state index contributed by atoms with van der Waals surface area (Å²) in [6, 6.07) is 10.6. The highest BCUT2D eigenvalue weighted by atomic mass is 16.6. The van der Waals surface area contributed by atoms with E-state index in [9.17, 15) is 19.7 Å². The maximum absolute atomic E-state index is 13.1. The Labute approximate surface area is 181 Å². The number of carbonyl (C=O) groups excluding carboxylic acids is 2. The minimum absolute atomic E-state index is 0.00886. The number of non-ortho nitro benzene ring substituents is 1. The van der Waals surface area contributed by atoms with Crippen LogP contribution >= 0.6 is 0 Å². The van der Waals surface area contributed by atoms with Gasteiger partial charge in [0.05, 0.1) is 16.0 Å². The fourth-order valence-corrected chi connectivity index (χ4v) is 3.27. The van der Waals surface area contributed by atoms with E-state index in [1.807, 2.05) is 13.8 Å². The van der Waals surface area contributed by atoms with E-state index in [1.165, 1.54) is 24.3 Å². The number of ether oxygens (including phenoxy) is 1. The van der Waals surface area contributed by atoms with Gasteiger partial charge in [-0.1, -0.05) is 13.8 Å². The minimum atomic E-state index is -0.668.